The van der Waals surface area contributed by atoms with Crippen LogP contribution in [0.3, 0.4) is 0 Å². The number of hydrogen-bond acceptors (Lipinski definition) is 5. The van der Waals surface area contributed by atoms with Crippen molar-refractivity contribution in [3.05, 3.63) is 124 Å². The molecule has 5 rings (SSSR count). The summed E-state index contributed by atoms with van der Waals surface area (Å²) in [6, 6.07) is 19.7. The first kappa shape index (κ1) is 27.8. The van der Waals surface area contributed by atoms with Gasteiger partial charge in [-0.3, -0.25) is 9.59 Å². The number of nitrogens with zero attached hydrogens (tertiary/aromatic N) is 5. The Bertz CT molecular complexity index is 1910. The molecule has 1 atom stereocenters. The predicted octanol–water partition coefficient (Wildman–Crippen LogP) is 4.17. The molecule has 0 fully saturated rings. The molecule has 208 valence electrons. The second-order valence-electron chi connectivity index (χ2n) is 9.56. The average molecular weight is 560 g/mol. The second kappa shape index (κ2) is 12.2. The lowest BCUT2D eigenvalue weighted by Gasteiger charge is -2.17. The van der Waals surface area contributed by atoms with Gasteiger partial charge in [0, 0.05) is 36.0 Å². The Labute approximate surface area is 241 Å². The maximum absolute atomic E-state index is 14.2. The van der Waals surface area contributed by atoms with Crippen molar-refractivity contribution >= 4 is 17.5 Å². The Morgan fingerprint density at radius 1 is 1.02 bits per heavy atom. The molecular weight excluding hydrogens is 533 g/mol. The summed E-state index contributed by atoms with van der Waals surface area (Å²) < 4.78 is 17.3. The number of nitriles is 1. The molecule has 2 amide bonds. The van der Waals surface area contributed by atoms with Gasteiger partial charge in [-0.05, 0) is 67.8 Å². The van der Waals surface area contributed by atoms with E-state index in [1.54, 1.807) is 60.2 Å². The zero-order chi connectivity index (χ0) is 29.6. The first-order valence-corrected chi connectivity index (χ1v) is 13.2. The SMILES string of the molecule is Cc1ccc(C(=O)NCCn2c(C#N)ccc2C(=O)N[C@@H](C)c2ccccc2F)cc1C#Cc1cnc2cccnn12. The van der Waals surface area contributed by atoms with Gasteiger partial charge < -0.3 is 15.2 Å². The van der Waals surface area contributed by atoms with Gasteiger partial charge in [0.2, 0.25) is 0 Å². The highest BCUT2D eigenvalue weighted by Gasteiger charge is 2.19. The van der Waals surface area contributed by atoms with Crippen molar-refractivity contribution in [1.29, 1.82) is 5.26 Å². The van der Waals surface area contributed by atoms with Crippen LogP contribution in [0.4, 0.5) is 4.39 Å². The maximum atomic E-state index is 14.2. The minimum atomic E-state index is -0.588. The molecule has 10 heteroatoms. The number of carbonyl (C=O) groups excluding carboxylic acids is 2. The topological polar surface area (TPSA) is 117 Å². The molecule has 0 saturated heterocycles. The molecule has 0 saturated carbocycles. The van der Waals surface area contributed by atoms with E-state index in [4.69, 9.17) is 0 Å². The van der Waals surface area contributed by atoms with E-state index in [0.717, 1.165) is 5.56 Å². The molecular formula is C32H26FN7O2. The van der Waals surface area contributed by atoms with Crippen molar-refractivity contribution in [1.82, 2.24) is 29.8 Å². The van der Waals surface area contributed by atoms with Gasteiger partial charge in [-0.2, -0.15) is 10.4 Å². The lowest BCUT2D eigenvalue weighted by atomic mass is 10.0. The van der Waals surface area contributed by atoms with Crippen LogP contribution in [0.15, 0.2) is 79.1 Å². The number of halogens is 1. The summed E-state index contributed by atoms with van der Waals surface area (Å²) in [4.78, 5) is 30.3. The van der Waals surface area contributed by atoms with E-state index in [2.05, 4.69) is 38.6 Å². The molecule has 0 bridgehead atoms. The lowest BCUT2D eigenvalue weighted by Crippen LogP contribution is -2.32. The van der Waals surface area contributed by atoms with Gasteiger partial charge in [-0.1, -0.05) is 30.2 Å². The van der Waals surface area contributed by atoms with Crippen molar-refractivity contribution in [2.75, 3.05) is 6.54 Å². The van der Waals surface area contributed by atoms with Crippen molar-refractivity contribution in [2.24, 2.45) is 0 Å². The van der Waals surface area contributed by atoms with Crippen LogP contribution in [0.2, 0.25) is 0 Å². The minimum absolute atomic E-state index is 0.160. The fraction of sp³-hybridized carbons (Fsp3) is 0.156. The van der Waals surface area contributed by atoms with Crippen molar-refractivity contribution < 1.29 is 14.0 Å². The van der Waals surface area contributed by atoms with Crippen molar-refractivity contribution in [3.8, 4) is 17.9 Å². The molecule has 2 aromatic carbocycles. The zero-order valence-electron chi connectivity index (χ0n) is 22.9. The highest BCUT2D eigenvalue weighted by molar-refractivity contribution is 5.95. The number of carbonyl (C=O) groups is 2. The van der Waals surface area contributed by atoms with Gasteiger partial charge in [-0.25, -0.2) is 13.9 Å². The Kier molecular flexibility index (Phi) is 8.07. The van der Waals surface area contributed by atoms with E-state index >= 15 is 0 Å². The molecule has 0 aliphatic rings. The van der Waals surface area contributed by atoms with Gasteiger partial charge >= 0.3 is 0 Å². The Balaban J connectivity index is 1.26. The molecule has 3 aromatic heterocycles. The van der Waals surface area contributed by atoms with E-state index in [1.807, 2.05) is 19.1 Å². The number of benzene rings is 2. The Morgan fingerprint density at radius 2 is 1.86 bits per heavy atom. The zero-order valence-corrected chi connectivity index (χ0v) is 22.9. The lowest BCUT2D eigenvalue weighted by molar-refractivity contribution is 0.0930. The number of aryl methyl sites for hydroxylation is 1. The molecule has 0 radical (unpaired) electrons. The van der Waals surface area contributed by atoms with E-state index < -0.39 is 17.8 Å². The minimum Gasteiger partial charge on any atom is -0.350 e. The number of rotatable bonds is 7. The third-order valence-corrected chi connectivity index (χ3v) is 6.77. The first-order chi connectivity index (χ1) is 20.4. The molecule has 5 aromatic rings. The van der Waals surface area contributed by atoms with Crippen LogP contribution >= 0.6 is 0 Å². The number of aromatic nitrogens is 4. The second-order valence-corrected chi connectivity index (χ2v) is 9.56. The van der Waals surface area contributed by atoms with Gasteiger partial charge in [0.05, 0.1) is 12.2 Å². The van der Waals surface area contributed by atoms with E-state index in [9.17, 15) is 19.2 Å². The summed E-state index contributed by atoms with van der Waals surface area (Å²) >= 11 is 0. The van der Waals surface area contributed by atoms with Crippen molar-refractivity contribution in [3.63, 3.8) is 0 Å². The first-order valence-electron chi connectivity index (χ1n) is 13.2. The van der Waals surface area contributed by atoms with Crippen LogP contribution in [0.1, 0.15) is 61.9 Å². The largest absolute Gasteiger partial charge is 0.350 e. The summed E-state index contributed by atoms with van der Waals surface area (Å²) in [5, 5.41) is 19.5. The third-order valence-electron chi connectivity index (χ3n) is 6.77. The molecule has 3 heterocycles. The van der Waals surface area contributed by atoms with E-state index in [-0.39, 0.29) is 30.4 Å². The molecule has 0 spiro atoms. The standard InChI is InChI=1S/C32H26FN7O2/c1-21-9-10-24(18-23(21)11-12-26-20-36-30-8-5-15-37-40(26)30)31(41)35-16-17-39-25(19-34)13-14-29(39)32(42)38-22(2)27-6-3-4-7-28(27)33/h3-10,13-15,18,20,22H,16-17H2,1-2H3,(H,35,41)(H,38,42)/t22-/m0/s1. The van der Waals surface area contributed by atoms with E-state index in [0.29, 0.717) is 28.0 Å². The van der Waals surface area contributed by atoms with Gasteiger partial charge in [0.15, 0.2) is 5.65 Å². The van der Waals surface area contributed by atoms with Crippen LogP contribution in [0.5, 0.6) is 0 Å². The monoisotopic (exact) mass is 559 g/mol. The van der Waals surface area contributed by atoms with Crippen LogP contribution < -0.4 is 10.6 Å². The normalized spacial score (nSPS) is 11.3. The smallest absolute Gasteiger partial charge is 0.268 e. The highest BCUT2D eigenvalue weighted by atomic mass is 19.1. The molecule has 9 nitrogen and oxygen atoms in total. The Morgan fingerprint density at radius 3 is 2.67 bits per heavy atom. The summed E-state index contributed by atoms with van der Waals surface area (Å²) in [6.07, 6.45) is 3.30. The van der Waals surface area contributed by atoms with E-state index in [1.165, 1.54) is 22.8 Å². The summed E-state index contributed by atoms with van der Waals surface area (Å²) in [5.74, 6) is 4.99. The number of fused-ring (bicyclic) bond motifs is 1. The number of amides is 2. The quantitative estimate of drug-likeness (QED) is 0.290. The van der Waals surface area contributed by atoms with Crippen molar-refractivity contribution in [2.45, 2.75) is 26.4 Å². The predicted molar refractivity (Wildman–Crippen MR) is 154 cm³/mol. The molecule has 2 N–H and O–H groups in total. The molecule has 42 heavy (non-hydrogen) atoms. The molecule has 0 aliphatic heterocycles. The fourth-order valence-electron chi connectivity index (χ4n) is 4.51. The maximum Gasteiger partial charge on any atom is 0.268 e. The average Bonchev–Trinajstić information content (AvgIpc) is 3.60. The highest BCUT2D eigenvalue weighted by Crippen LogP contribution is 2.18. The molecule has 0 aliphatic carbocycles. The van der Waals surface area contributed by atoms with Gasteiger partial charge in [0.25, 0.3) is 11.8 Å². The summed E-state index contributed by atoms with van der Waals surface area (Å²) in [5.41, 5.74) is 4.19. The summed E-state index contributed by atoms with van der Waals surface area (Å²) in [7, 11) is 0. The fourth-order valence-corrected chi connectivity index (χ4v) is 4.51. The Hall–Kier alpha value is -5.74. The third kappa shape index (κ3) is 5.88. The van der Waals surface area contributed by atoms with Gasteiger partial charge in [-0.15, -0.1) is 0 Å². The number of nitrogens with one attached hydrogen (secondary N) is 2. The molecule has 0 unspecified atom stereocenters. The van der Waals surface area contributed by atoms with Crippen LogP contribution in [-0.2, 0) is 6.54 Å². The van der Waals surface area contributed by atoms with Crippen LogP contribution in [-0.4, -0.2) is 37.5 Å². The van der Waals surface area contributed by atoms with Crippen LogP contribution in [0.25, 0.3) is 5.65 Å². The number of imidazole rings is 1. The van der Waals surface area contributed by atoms with Crippen LogP contribution in [0, 0.1) is 35.9 Å². The van der Waals surface area contributed by atoms with Gasteiger partial charge in [0.1, 0.15) is 29.0 Å². The number of hydrogen-bond donors (Lipinski definition) is 2. The summed E-state index contributed by atoms with van der Waals surface area (Å²) in [6.45, 7) is 3.93.